The predicted molar refractivity (Wildman–Crippen MR) is 198 cm³/mol. The molecule has 7 rings (SSSR count). The fourth-order valence-electron chi connectivity index (χ4n) is 14.3. The number of aliphatic carboxylic acids is 1. The number of hydrogen-bond acceptors (Lipinski definition) is 4. The van der Waals surface area contributed by atoms with Gasteiger partial charge in [0.25, 0.3) is 0 Å². The number of carbonyl (C=O) groups is 1. The van der Waals surface area contributed by atoms with E-state index < -0.39 is 23.7 Å². The van der Waals surface area contributed by atoms with Crippen molar-refractivity contribution in [3.8, 4) is 0 Å². The van der Waals surface area contributed by atoms with Gasteiger partial charge in [-0.1, -0.05) is 58.9 Å². The summed E-state index contributed by atoms with van der Waals surface area (Å²) in [6, 6.07) is 0. The summed E-state index contributed by atoms with van der Waals surface area (Å²) in [6.45, 7) is 21.1. The summed E-state index contributed by atoms with van der Waals surface area (Å²) in [7, 11) is 0. The number of aliphatic hydroxyl groups is 1. The molecule has 0 aromatic rings. The fourth-order valence-corrected chi connectivity index (χ4v) is 14.3. The Bertz CT molecular complexity index is 1410. The van der Waals surface area contributed by atoms with Crippen molar-refractivity contribution in [1.29, 1.82) is 0 Å². The van der Waals surface area contributed by atoms with E-state index >= 15 is 0 Å². The van der Waals surface area contributed by atoms with Crippen LogP contribution in [0.2, 0.25) is 0 Å². The van der Waals surface area contributed by atoms with Gasteiger partial charge in [-0.2, -0.15) is 0 Å². The number of fused-ring (bicyclic) bond motifs is 7. The van der Waals surface area contributed by atoms with Gasteiger partial charge < -0.3 is 20.3 Å². The lowest BCUT2D eigenvalue weighted by Crippen LogP contribution is -2.67. The summed E-state index contributed by atoms with van der Waals surface area (Å²) in [6.07, 6.45) is 18.4. The molecule has 1 unspecified atom stereocenters. The van der Waals surface area contributed by atoms with Crippen molar-refractivity contribution < 1.29 is 24.1 Å². The molecule has 6 aliphatic carbocycles. The van der Waals surface area contributed by atoms with Crippen LogP contribution in [0.1, 0.15) is 131 Å². The standard InChI is InChI=1S/C44H68FNO4/c1-28(2)31-12-17-44(46-23-20-43(49)21-24-50-25-22-43)19-18-41(7)34(37(31)44)9-8-33-36-29(3)26-35(39(4,5)32(36)13-14-40(33,41)6)30-10-15-42(27-45,16-11-30)38(47)48/h10,26,29,31-34,36-37,46,49H,1,8-9,11-25,27H2,2-7H3,(H,47,48)/t29-,31-,32+,33+,34+,36-,37+,40+,41+,42?,44-/m0/s1. The van der Waals surface area contributed by atoms with Crippen LogP contribution >= 0.6 is 0 Å². The van der Waals surface area contributed by atoms with Crippen molar-refractivity contribution in [3.63, 3.8) is 0 Å². The van der Waals surface area contributed by atoms with Gasteiger partial charge in [-0.25, -0.2) is 4.39 Å². The zero-order valence-electron chi connectivity index (χ0n) is 32.2. The largest absolute Gasteiger partial charge is 0.481 e. The molecule has 5 nitrogen and oxygen atoms in total. The van der Waals surface area contributed by atoms with Gasteiger partial charge in [0.1, 0.15) is 6.67 Å². The van der Waals surface area contributed by atoms with E-state index in [2.05, 4.69) is 65.6 Å². The molecule has 0 aromatic carbocycles. The average molecular weight is 694 g/mol. The molecule has 1 saturated heterocycles. The van der Waals surface area contributed by atoms with E-state index in [-0.39, 0.29) is 21.8 Å². The first-order valence-electron chi connectivity index (χ1n) is 20.5. The van der Waals surface area contributed by atoms with Crippen LogP contribution in [0.25, 0.3) is 0 Å². The second-order valence-electron chi connectivity index (χ2n) is 19.8. The van der Waals surface area contributed by atoms with Crippen LogP contribution in [0.15, 0.2) is 35.5 Å². The van der Waals surface area contributed by atoms with Crippen LogP contribution in [0.3, 0.4) is 0 Å². The first-order valence-corrected chi connectivity index (χ1v) is 20.5. The minimum Gasteiger partial charge on any atom is -0.481 e. The Hall–Kier alpha value is -1.50. The van der Waals surface area contributed by atoms with E-state index in [4.69, 9.17) is 4.74 Å². The van der Waals surface area contributed by atoms with Gasteiger partial charge in [0.15, 0.2) is 0 Å². The summed E-state index contributed by atoms with van der Waals surface area (Å²) in [5, 5.41) is 25.3. The van der Waals surface area contributed by atoms with Crippen molar-refractivity contribution in [3.05, 3.63) is 35.5 Å². The highest BCUT2D eigenvalue weighted by molar-refractivity contribution is 5.75. The lowest BCUT2D eigenvalue weighted by atomic mass is 9.35. The zero-order valence-corrected chi connectivity index (χ0v) is 32.2. The highest BCUT2D eigenvalue weighted by atomic mass is 19.1. The number of rotatable bonds is 8. The molecular formula is C44H68FNO4. The number of carboxylic acids is 1. The zero-order chi connectivity index (χ0) is 35.9. The van der Waals surface area contributed by atoms with Crippen molar-refractivity contribution >= 4 is 5.97 Å². The Morgan fingerprint density at radius 2 is 1.66 bits per heavy atom. The minimum absolute atomic E-state index is 0.0116. The summed E-state index contributed by atoms with van der Waals surface area (Å²) in [4.78, 5) is 12.0. The highest BCUT2D eigenvalue weighted by Gasteiger charge is 2.69. The Kier molecular flexibility index (Phi) is 9.45. The maximum Gasteiger partial charge on any atom is 0.312 e. The number of allylic oxidation sites excluding steroid dienone is 5. The molecule has 4 saturated carbocycles. The first kappa shape index (κ1) is 36.8. The van der Waals surface area contributed by atoms with Crippen molar-refractivity contribution in [1.82, 2.24) is 5.32 Å². The maximum absolute atomic E-state index is 14.0. The third-order valence-corrected chi connectivity index (χ3v) is 17.6. The molecular weight excluding hydrogens is 625 g/mol. The molecule has 1 heterocycles. The van der Waals surface area contributed by atoms with E-state index in [1.54, 1.807) is 0 Å². The number of alkyl halides is 1. The molecule has 3 N–H and O–H groups in total. The molecule has 280 valence electrons. The van der Waals surface area contributed by atoms with Crippen molar-refractivity contribution in [2.45, 2.75) is 143 Å². The fraction of sp³-hybridized carbons (Fsp3) is 0.841. The van der Waals surface area contributed by atoms with Crippen LogP contribution in [0.4, 0.5) is 4.39 Å². The summed E-state index contributed by atoms with van der Waals surface area (Å²) in [5.74, 6) is 3.24. The highest BCUT2D eigenvalue weighted by Crippen LogP contribution is 2.74. The molecule has 6 heteroatoms. The van der Waals surface area contributed by atoms with Crippen LogP contribution in [0, 0.1) is 63.1 Å². The van der Waals surface area contributed by atoms with Gasteiger partial charge in [0.2, 0.25) is 0 Å². The normalized spacial score (nSPS) is 46.4. The molecule has 0 bridgehead atoms. The Balaban J connectivity index is 1.15. The second kappa shape index (κ2) is 12.8. The average Bonchev–Trinajstić information content (AvgIpc) is 3.46. The monoisotopic (exact) mass is 694 g/mol. The van der Waals surface area contributed by atoms with Crippen LogP contribution in [0.5, 0.6) is 0 Å². The second-order valence-corrected chi connectivity index (χ2v) is 19.8. The summed E-state index contributed by atoms with van der Waals surface area (Å²) in [5.41, 5.74) is 2.93. The topological polar surface area (TPSA) is 78.8 Å². The predicted octanol–water partition coefficient (Wildman–Crippen LogP) is 9.46. The number of nitrogens with one attached hydrogen (secondary N) is 1. The van der Waals surface area contributed by atoms with E-state index in [1.165, 1.54) is 68.1 Å². The van der Waals surface area contributed by atoms with Crippen LogP contribution in [-0.2, 0) is 9.53 Å². The van der Waals surface area contributed by atoms with E-state index in [9.17, 15) is 19.4 Å². The number of hydrogen-bond donors (Lipinski definition) is 3. The van der Waals surface area contributed by atoms with Gasteiger partial charge in [0.05, 0.1) is 11.0 Å². The van der Waals surface area contributed by atoms with Crippen LogP contribution in [-0.4, -0.2) is 53.8 Å². The van der Waals surface area contributed by atoms with Crippen LogP contribution < -0.4 is 5.32 Å². The lowest BCUT2D eigenvalue weighted by Gasteiger charge is -2.70. The maximum atomic E-state index is 14.0. The molecule has 0 spiro atoms. The molecule has 7 aliphatic rings. The smallest absolute Gasteiger partial charge is 0.312 e. The molecule has 1 aliphatic heterocycles. The van der Waals surface area contributed by atoms with E-state index in [0.29, 0.717) is 73.9 Å². The van der Waals surface area contributed by atoms with E-state index in [1.807, 2.05) is 0 Å². The van der Waals surface area contributed by atoms with Gasteiger partial charge >= 0.3 is 5.97 Å². The Labute approximate surface area is 302 Å². The first-order chi connectivity index (χ1) is 23.6. The Morgan fingerprint density at radius 3 is 2.30 bits per heavy atom. The molecule has 0 radical (unpaired) electrons. The van der Waals surface area contributed by atoms with Gasteiger partial charge in [0, 0.05) is 18.8 Å². The molecule has 0 aromatic heterocycles. The summed E-state index contributed by atoms with van der Waals surface area (Å²) < 4.78 is 19.5. The SMILES string of the molecule is C=C(C)[C@@H]1CC[C@]2(NCCC3(O)CCOCC3)CC[C@]3(C)[C@H](CC[C@@H]4[C@@H]5[C@@H](CC[C@]43C)C(C)(C)C(C3=CCC(CF)(C(=O)O)CC3)=C[C@@H]5C)[C@@H]12. The third kappa shape index (κ3) is 5.48. The lowest BCUT2D eigenvalue weighted by molar-refractivity contribution is -0.201. The van der Waals surface area contributed by atoms with Gasteiger partial charge in [-0.05, 0) is 172 Å². The molecule has 50 heavy (non-hydrogen) atoms. The van der Waals surface area contributed by atoms with Gasteiger partial charge in [-0.15, -0.1) is 0 Å². The van der Waals surface area contributed by atoms with Crippen molar-refractivity contribution in [2.75, 3.05) is 26.4 Å². The number of carboxylic acid groups (broad SMARTS) is 1. The Morgan fingerprint density at radius 1 is 0.960 bits per heavy atom. The number of halogens is 1. The van der Waals surface area contributed by atoms with Crippen molar-refractivity contribution in [2.24, 2.45) is 63.1 Å². The molecule has 0 amide bonds. The van der Waals surface area contributed by atoms with Gasteiger partial charge in [-0.3, -0.25) is 4.79 Å². The molecule has 11 atom stereocenters. The quantitative estimate of drug-likeness (QED) is 0.221. The third-order valence-electron chi connectivity index (χ3n) is 17.6. The minimum atomic E-state index is -1.25. The number of ether oxygens (including phenoxy) is 1. The van der Waals surface area contributed by atoms with E-state index in [0.717, 1.165) is 25.8 Å². The summed E-state index contributed by atoms with van der Waals surface area (Å²) >= 11 is 0. The molecule has 5 fully saturated rings.